The highest BCUT2D eigenvalue weighted by molar-refractivity contribution is 5.41. The maximum atomic E-state index is 10.9. The summed E-state index contributed by atoms with van der Waals surface area (Å²) in [5.41, 5.74) is 6.35. The Morgan fingerprint density at radius 3 is 2.89 bits per heavy atom. The van der Waals surface area contributed by atoms with Gasteiger partial charge in [0.05, 0.1) is 11.5 Å². The molecule has 1 aromatic heterocycles. The minimum absolute atomic E-state index is 0.0760. The van der Waals surface area contributed by atoms with Crippen molar-refractivity contribution in [3.63, 3.8) is 0 Å². The Labute approximate surface area is 112 Å². The van der Waals surface area contributed by atoms with Gasteiger partial charge in [0.15, 0.2) is 0 Å². The lowest BCUT2D eigenvalue weighted by molar-refractivity contribution is -0.386. The molecule has 19 heavy (non-hydrogen) atoms. The number of ether oxygens (including phenoxy) is 1. The van der Waals surface area contributed by atoms with Gasteiger partial charge in [0, 0.05) is 11.8 Å². The molecule has 0 spiro atoms. The SMILES string of the molecule is Cc1ccc([N+](=O)[O-])c(OCC2CCCC2CN)n1. The van der Waals surface area contributed by atoms with Crippen LogP contribution in [0, 0.1) is 28.9 Å². The Hall–Kier alpha value is -1.69. The number of hydrogen-bond acceptors (Lipinski definition) is 5. The van der Waals surface area contributed by atoms with Gasteiger partial charge in [-0.05, 0) is 44.2 Å². The van der Waals surface area contributed by atoms with Crippen LogP contribution < -0.4 is 10.5 Å². The zero-order valence-electron chi connectivity index (χ0n) is 11.0. The van der Waals surface area contributed by atoms with E-state index < -0.39 is 4.92 Å². The summed E-state index contributed by atoms with van der Waals surface area (Å²) in [6.07, 6.45) is 3.34. The second kappa shape index (κ2) is 5.97. The first-order valence-electron chi connectivity index (χ1n) is 6.56. The van der Waals surface area contributed by atoms with Gasteiger partial charge in [0.25, 0.3) is 5.88 Å². The summed E-state index contributed by atoms with van der Waals surface area (Å²) >= 11 is 0. The molecule has 1 aliphatic carbocycles. The number of nitrogens with two attached hydrogens (primary N) is 1. The van der Waals surface area contributed by atoms with Crippen LogP contribution in [0.4, 0.5) is 5.69 Å². The van der Waals surface area contributed by atoms with E-state index in [0.717, 1.165) is 19.3 Å². The van der Waals surface area contributed by atoms with Crippen molar-refractivity contribution in [3.8, 4) is 5.88 Å². The molecule has 0 saturated heterocycles. The number of aryl methyl sites for hydroxylation is 1. The van der Waals surface area contributed by atoms with Gasteiger partial charge in [-0.15, -0.1) is 0 Å². The molecular weight excluding hydrogens is 246 g/mol. The number of nitrogens with zero attached hydrogens (tertiary/aromatic N) is 2. The third-order valence-electron chi connectivity index (χ3n) is 3.73. The van der Waals surface area contributed by atoms with Gasteiger partial charge >= 0.3 is 5.69 Å². The second-order valence-electron chi connectivity index (χ2n) is 5.03. The largest absolute Gasteiger partial charge is 0.472 e. The van der Waals surface area contributed by atoms with Gasteiger partial charge in [-0.1, -0.05) is 6.42 Å². The standard InChI is InChI=1S/C13H19N3O3/c1-9-5-6-12(16(17)18)13(15-9)19-8-11-4-2-3-10(11)7-14/h5-6,10-11H,2-4,7-8,14H2,1H3. The Balaban J connectivity index is 2.06. The normalized spacial score (nSPS) is 22.4. The molecule has 2 N–H and O–H groups in total. The lowest BCUT2D eigenvalue weighted by Gasteiger charge is -2.17. The van der Waals surface area contributed by atoms with Crippen LogP contribution >= 0.6 is 0 Å². The number of aromatic nitrogens is 1. The maximum absolute atomic E-state index is 10.9. The van der Waals surface area contributed by atoms with E-state index in [4.69, 9.17) is 10.5 Å². The topological polar surface area (TPSA) is 91.3 Å². The fourth-order valence-electron chi connectivity index (χ4n) is 2.60. The van der Waals surface area contributed by atoms with Crippen LogP contribution in [-0.2, 0) is 0 Å². The average Bonchev–Trinajstić information content (AvgIpc) is 2.83. The van der Waals surface area contributed by atoms with Gasteiger partial charge < -0.3 is 10.5 Å². The second-order valence-corrected chi connectivity index (χ2v) is 5.03. The molecule has 0 amide bonds. The summed E-state index contributed by atoms with van der Waals surface area (Å²) in [6.45, 7) is 2.89. The molecule has 1 saturated carbocycles. The van der Waals surface area contributed by atoms with Crippen LogP contribution in [0.15, 0.2) is 12.1 Å². The summed E-state index contributed by atoms with van der Waals surface area (Å²) in [5, 5.41) is 10.9. The lowest BCUT2D eigenvalue weighted by atomic mass is 9.97. The van der Waals surface area contributed by atoms with Crippen LogP contribution in [0.25, 0.3) is 0 Å². The van der Waals surface area contributed by atoms with Crippen molar-refractivity contribution in [2.75, 3.05) is 13.2 Å². The van der Waals surface area contributed by atoms with Crippen LogP contribution in [-0.4, -0.2) is 23.1 Å². The van der Waals surface area contributed by atoms with Crippen molar-refractivity contribution in [3.05, 3.63) is 27.9 Å². The monoisotopic (exact) mass is 265 g/mol. The molecular formula is C13H19N3O3. The summed E-state index contributed by atoms with van der Waals surface area (Å²) in [6, 6.07) is 3.05. The van der Waals surface area contributed by atoms with Crippen molar-refractivity contribution < 1.29 is 9.66 Å². The number of hydrogen-bond donors (Lipinski definition) is 1. The minimum atomic E-state index is -0.461. The van der Waals surface area contributed by atoms with E-state index in [1.807, 2.05) is 0 Å². The third-order valence-corrected chi connectivity index (χ3v) is 3.73. The number of nitro groups is 1. The van der Waals surface area contributed by atoms with Crippen LogP contribution in [0.1, 0.15) is 25.0 Å². The molecule has 0 aromatic carbocycles. The van der Waals surface area contributed by atoms with Crippen molar-refractivity contribution in [2.24, 2.45) is 17.6 Å². The Morgan fingerprint density at radius 1 is 1.47 bits per heavy atom. The minimum Gasteiger partial charge on any atom is -0.472 e. The van der Waals surface area contributed by atoms with Crippen molar-refractivity contribution in [1.29, 1.82) is 0 Å². The van der Waals surface area contributed by atoms with Crippen LogP contribution in [0.2, 0.25) is 0 Å². The Kier molecular flexibility index (Phi) is 4.31. The molecule has 0 bridgehead atoms. The predicted molar refractivity (Wildman–Crippen MR) is 71.0 cm³/mol. The molecule has 1 heterocycles. The van der Waals surface area contributed by atoms with E-state index in [9.17, 15) is 10.1 Å². The van der Waals surface area contributed by atoms with Crippen molar-refractivity contribution in [1.82, 2.24) is 4.98 Å². The first kappa shape index (κ1) is 13.7. The molecule has 0 aliphatic heterocycles. The fraction of sp³-hybridized carbons (Fsp3) is 0.615. The first-order valence-corrected chi connectivity index (χ1v) is 6.56. The smallest absolute Gasteiger partial charge is 0.330 e. The fourth-order valence-corrected chi connectivity index (χ4v) is 2.60. The quantitative estimate of drug-likeness (QED) is 0.649. The van der Waals surface area contributed by atoms with Gasteiger partial charge in [0.2, 0.25) is 0 Å². The molecule has 2 atom stereocenters. The highest BCUT2D eigenvalue weighted by Crippen LogP contribution is 2.32. The first-order chi connectivity index (χ1) is 9.11. The van der Waals surface area contributed by atoms with Gasteiger partial charge in [-0.25, -0.2) is 4.98 Å². The Morgan fingerprint density at radius 2 is 2.21 bits per heavy atom. The molecule has 0 radical (unpaired) electrons. The van der Waals surface area contributed by atoms with Gasteiger partial charge in [0.1, 0.15) is 0 Å². The molecule has 1 aromatic rings. The van der Waals surface area contributed by atoms with Crippen molar-refractivity contribution >= 4 is 5.69 Å². The zero-order valence-corrected chi connectivity index (χ0v) is 11.0. The van der Waals surface area contributed by atoms with E-state index in [-0.39, 0.29) is 11.6 Å². The number of rotatable bonds is 5. The van der Waals surface area contributed by atoms with Crippen LogP contribution in [0.3, 0.4) is 0 Å². The lowest BCUT2D eigenvalue weighted by Crippen LogP contribution is -2.23. The molecule has 2 unspecified atom stereocenters. The third kappa shape index (κ3) is 3.20. The number of pyridine rings is 1. The van der Waals surface area contributed by atoms with Crippen molar-refractivity contribution in [2.45, 2.75) is 26.2 Å². The average molecular weight is 265 g/mol. The molecule has 6 heteroatoms. The molecule has 6 nitrogen and oxygen atoms in total. The van der Waals surface area contributed by atoms with E-state index in [0.29, 0.717) is 30.7 Å². The molecule has 1 fully saturated rings. The summed E-state index contributed by atoms with van der Waals surface area (Å²) in [4.78, 5) is 14.6. The van der Waals surface area contributed by atoms with Gasteiger partial charge in [-0.3, -0.25) is 10.1 Å². The molecule has 104 valence electrons. The highest BCUT2D eigenvalue weighted by Gasteiger charge is 2.27. The van der Waals surface area contributed by atoms with E-state index >= 15 is 0 Å². The summed E-state index contributed by atoms with van der Waals surface area (Å²) < 4.78 is 5.59. The van der Waals surface area contributed by atoms with Crippen LogP contribution in [0.5, 0.6) is 5.88 Å². The zero-order chi connectivity index (χ0) is 13.8. The summed E-state index contributed by atoms with van der Waals surface area (Å²) in [7, 11) is 0. The predicted octanol–water partition coefficient (Wildman–Crippen LogP) is 2.05. The van der Waals surface area contributed by atoms with Gasteiger partial charge in [-0.2, -0.15) is 0 Å². The molecule has 1 aliphatic rings. The van der Waals surface area contributed by atoms with E-state index in [1.165, 1.54) is 6.07 Å². The maximum Gasteiger partial charge on any atom is 0.330 e. The Bertz CT molecular complexity index is 464. The van der Waals surface area contributed by atoms with E-state index in [2.05, 4.69) is 4.98 Å². The molecule has 2 rings (SSSR count). The summed E-state index contributed by atoms with van der Waals surface area (Å²) in [5.74, 6) is 0.962. The highest BCUT2D eigenvalue weighted by atomic mass is 16.6. The van der Waals surface area contributed by atoms with E-state index in [1.54, 1.807) is 13.0 Å².